The van der Waals surface area contributed by atoms with Crippen LogP contribution in [0.15, 0.2) is 12.1 Å². The Balaban J connectivity index is 1.57. The molecule has 1 saturated carbocycles. The molecule has 0 aromatic heterocycles. The second-order valence-corrected chi connectivity index (χ2v) is 6.50. The average Bonchev–Trinajstić information content (AvgIpc) is 2.95. The number of halogens is 1. The third kappa shape index (κ3) is 4.12. The highest BCUT2D eigenvalue weighted by molar-refractivity contribution is 6.35. The van der Waals surface area contributed by atoms with Crippen molar-refractivity contribution in [1.82, 2.24) is 10.6 Å². The number of benzene rings is 1. The number of amides is 2. The molecule has 24 heavy (non-hydrogen) atoms. The molecule has 1 aliphatic carbocycles. The number of ether oxygens (including phenoxy) is 2. The highest BCUT2D eigenvalue weighted by Crippen LogP contribution is 2.37. The van der Waals surface area contributed by atoms with Gasteiger partial charge in [-0.25, -0.2) is 0 Å². The van der Waals surface area contributed by atoms with Crippen LogP contribution >= 0.6 is 11.6 Å². The molecule has 1 heterocycles. The second-order valence-electron chi connectivity index (χ2n) is 6.09. The van der Waals surface area contributed by atoms with Gasteiger partial charge in [0.1, 0.15) is 0 Å². The molecule has 0 bridgehead atoms. The van der Waals surface area contributed by atoms with E-state index in [9.17, 15) is 9.59 Å². The molecule has 1 aliphatic heterocycles. The van der Waals surface area contributed by atoms with Crippen molar-refractivity contribution in [3.8, 4) is 11.5 Å². The second kappa shape index (κ2) is 7.75. The average molecular weight is 353 g/mol. The summed E-state index contributed by atoms with van der Waals surface area (Å²) in [7, 11) is 0. The minimum absolute atomic E-state index is 0.121. The molecule has 1 fully saturated rings. The molecule has 2 amide bonds. The van der Waals surface area contributed by atoms with Gasteiger partial charge in [0.25, 0.3) is 0 Å². The SMILES string of the molecule is O=C(NCc1cc(Cl)c2c(c1)OCCCO2)C(=O)NC1CCCC1. The Morgan fingerprint density at radius 2 is 1.83 bits per heavy atom. The van der Waals surface area contributed by atoms with Crippen LogP contribution in [0.5, 0.6) is 11.5 Å². The molecule has 6 nitrogen and oxygen atoms in total. The Morgan fingerprint density at radius 3 is 2.62 bits per heavy atom. The van der Waals surface area contributed by atoms with Gasteiger partial charge >= 0.3 is 11.8 Å². The fourth-order valence-electron chi connectivity index (χ4n) is 2.97. The normalized spacial score (nSPS) is 17.2. The molecular formula is C17H21ClN2O4. The van der Waals surface area contributed by atoms with Crippen LogP contribution in [0, 0.1) is 0 Å². The van der Waals surface area contributed by atoms with Crippen LogP contribution in [-0.2, 0) is 16.1 Å². The molecule has 1 aromatic rings. The molecule has 2 N–H and O–H groups in total. The first-order valence-corrected chi connectivity index (χ1v) is 8.68. The van der Waals surface area contributed by atoms with E-state index < -0.39 is 11.8 Å². The zero-order chi connectivity index (χ0) is 16.9. The predicted molar refractivity (Wildman–Crippen MR) is 89.3 cm³/mol. The molecule has 0 spiro atoms. The monoisotopic (exact) mass is 352 g/mol. The van der Waals surface area contributed by atoms with Crippen molar-refractivity contribution in [2.24, 2.45) is 0 Å². The van der Waals surface area contributed by atoms with Crippen molar-refractivity contribution in [2.75, 3.05) is 13.2 Å². The van der Waals surface area contributed by atoms with Crippen molar-refractivity contribution in [3.63, 3.8) is 0 Å². The molecule has 130 valence electrons. The van der Waals surface area contributed by atoms with E-state index in [2.05, 4.69) is 10.6 Å². The number of carbonyl (C=O) groups is 2. The Kier molecular flexibility index (Phi) is 5.45. The van der Waals surface area contributed by atoms with Gasteiger partial charge in [-0.05, 0) is 30.5 Å². The number of hydrogen-bond donors (Lipinski definition) is 2. The summed E-state index contributed by atoms with van der Waals surface area (Å²) in [6, 6.07) is 3.61. The lowest BCUT2D eigenvalue weighted by Gasteiger charge is -2.13. The smallest absolute Gasteiger partial charge is 0.309 e. The van der Waals surface area contributed by atoms with Gasteiger partial charge in [0.15, 0.2) is 11.5 Å². The van der Waals surface area contributed by atoms with Gasteiger partial charge in [-0.3, -0.25) is 9.59 Å². The minimum Gasteiger partial charge on any atom is -0.489 e. The number of carbonyl (C=O) groups excluding carboxylic acids is 2. The lowest BCUT2D eigenvalue weighted by atomic mass is 10.2. The van der Waals surface area contributed by atoms with Crippen molar-refractivity contribution < 1.29 is 19.1 Å². The van der Waals surface area contributed by atoms with Crippen molar-refractivity contribution in [2.45, 2.75) is 44.7 Å². The summed E-state index contributed by atoms with van der Waals surface area (Å²) < 4.78 is 11.2. The van der Waals surface area contributed by atoms with E-state index in [4.69, 9.17) is 21.1 Å². The Morgan fingerprint density at radius 1 is 1.08 bits per heavy atom. The molecule has 1 aromatic carbocycles. The molecule has 3 rings (SSSR count). The molecule has 0 unspecified atom stereocenters. The first-order valence-electron chi connectivity index (χ1n) is 8.30. The maximum Gasteiger partial charge on any atom is 0.309 e. The summed E-state index contributed by atoms with van der Waals surface area (Å²) in [6.07, 6.45) is 4.87. The van der Waals surface area contributed by atoms with Crippen molar-refractivity contribution in [3.05, 3.63) is 22.7 Å². The molecule has 2 aliphatic rings. The van der Waals surface area contributed by atoms with Crippen LogP contribution in [0.3, 0.4) is 0 Å². The first kappa shape index (κ1) is 16.9. The van der Waals surface area contributed by atoms with Crippen molar-refractivity contribution in [1.29, 1.82) is 0 Å². The number of nitrogens with one attached hydrogen (secondary N) is 2. The minimum atomic E-state index is -0.634. The van der Waals surface area contributed by atoms with E-state index >= 15 is 0 Å². The topological polar surface area (TPSA) is 76.7 Å². The van der Waals surface area contributed by atoms with Gasteiger partial charge in [-0.1, -0.05) is 24.4 Å². The van der Waals surface area contributed by atoms with Gasteiger partial charge < -0.3 is 20.1 Å². The maximum atomic E-state index is 11.9. The zero-order valence-corrected chi connectivity index (χ0v) is 14.2. The summed E-state index contributed by atoms with van der Waals surface area (Å²) in [6.45, 7) is 1.32. The van der Waals surface area contributed by atoms with Crippen LogP contribution in [0.25, 0.3) is 0 Å². The summed E-state index contributed by atoms with van der Waals surface area (Å²) >= 11 is 6.21. The summed E-state index contributed by atoms with van der Waals surface area (Å²) in [4.78, 5) is 23.8. The van der Waals surface area contributed by atoms with E-state index in [1.807, 2.05) is 0 Å². The zero-order valence-electron chi connectivity index (χ0n) is 13.4. The number of rotatable bonds is 3. The van der Waals surface area contributed by atoms with Crippen LogP contribution in [0.1, 0.15) is 37.7 Å². The van der Waals surface area contributed by atoms with Gasteiger partial charge in [0.05, 0.1) is 18.2 Å². The molecule has 0 atom stereocenters. The fourth-order valence-corrected chi connectivity index (χ4v) is 3.26. The van der Waals surface area contributed by atoms with E-state index in [-0.39, 0.29) is 12.6 Å². The van der Waals surface area contributed by atoms with Crippen LogP contribution < -0.4 is 20.1 Å². The fraction of sp³-hybridized carbons (Fsp3) is 0.529. The molecule has 7 heteroatoms. The Bertz CT molecular complexity index is 629. The van der Waals surface area contributed by atoms with Crippen LogP contribution in [-0.4, -0.2) is 31.1 Å². The maximum absolute atomic E-state index is 11.9. The molecular weight excluding hydrogens is 332 g/mol. The molecule has 0 saturated heterocycles. The largest absolute Gasteiger partial charge is 0.489 e. The number of hydrogen-bond acceptors (Lipinski definition) is 4. The van der Waals surface area contributed by atoms with Gasteiger partial charge in [-0.15, -0.1) is 0 Å². The van der Waals surface area contributed by atoms with E-state index in [0.717, 1.165) is 37.7 Å². The highest BCUT2D eigenvalue weighted by atomic mass is 35.5. The van der Waals surface area contributed by atoms with Gasteiger partial charge in [0, 0.05) is 19.0 Å². The van der Waals surface area contributed by atoms with Crippen LogP contribution in [0.4, 0.5) is 0 Å². The number of fused-ring (bicyclic) bond motifs is 1. The lowest BCUT2D eigenvalue weighted by Crippen LogP contribution is -2.43. The van der Waals surface area contributed by atoms with Crippen LogP contribution in [0.2, 0.25) is 5.02 Å². The quantitative estimate of drug-likeness (QED) is 0.817. The summed E-state index contributed by atoms with van der Waals surface area (Å²) in [5, 5.41) is 5.82. The van der Waals surface area contributed by atoms with Crippen molar-refractivity contribution >= 4 is 23.4 Å². The standard InChI is InChI=1S/C17H21ClN2O4/c18-13-8-11(9-14-15(13)24-7-3-6-23-14)10-19-16(21)17(22)20-12-4-1-2-5-12/h8-9,12H,1-7,10H2,(H,19,21)(H,20,22). The predicted octanol–water partition coefficient (Wildman–Crippen LogP) is 2.18. The molecule has 0 radical (unpaired) electrons. The summed E-state index contributed by atoms with van der Waals surface area (Å²) in [5.74, 6) is -0.115. The highest BCUT2D eigenvalue weighted by Gasteiger charge is 2.21. The van der Waals surface area contributed by atoms with Gasteiger partial charge in [0.2, 0.25) is 0 Å². The third-order valence-electron chi connectivity index (χ3n) is 4.21. The van der Waals surface area contributed by atoms with E-state index in [1.54, 1.807) is 12.1 Å². The lowest BCUT2D eigenvalue weighted by molar-refractivity contribution is -0.139. The third-order valence-corrected chi connectivity index (χ3v) is 4.49. The Hall–Kier alpha value is -1.95. The first-order chi connectivity index (χ1) is 11.6. The Labute approximate surface area is 145 Å². The van der Waals surface area contributed by atoms with E-state index in [1.165, 1.54) is 0 Å². The van der Waals surface area contributed by atoms with Gasteiger partial charge in [-0.2, -0.15) is 0 Å². The summed E-state index contributed by atoms with van der Waals surface area (Å²) in [5.41, 5.74) is 0.756. The van der Waals surface area contributed by atoms with E-state index in [0.29, 0.717) is 29.7 Å².